The largest absolute Gasteiger partial charge is 0.366 e. The molecule has 7 heteroatoms. The van der Waals surface area contributed by atoms with Crippen molar-refractivity contribution in [2.45, 2.75) is 20.3 Å². The summed E-state index contributed by atoms with van der Waals surface area (Å²) in [7, 11) is 0. The molecule has 0 aliphatic rings. The minimum absolute atomic E-state index is 0.104. The van der Waals surface area contributed by atoms with Crippen LogP contribution in [0.1, 0.15) is 29.3 Å². The van der Waals surface area contributed by atoms with Gasteiger partial charge in [-0.15, -0.1) is 0 Å². The van der Waals surface area contributed by atoms with Crippen molar-refractivity contribution in [2.75, 3.05) is 10.6 Å². The molecule has 1 unspecified atom stereocenters. The minimum atomic E-state index is -0.773. The number of hydrogen-bond donors (Lipinski definition) is 3. The number of aryl methyl sites for hydroxylation is 1. The maximum atomic E-state index is 12.6. The van der Waals surface area contributed by atoms with E-state index in [4.69, 9.17) is 5.73 Å². The number of primary amides is 1. The molecule has 0 aliphatic heterocycles. The monoisotopic (exact) mass is 445 g/mol. The number of anilines is 2. The van der Waals surface area contributed by atoms with Crippen molar-refractivity contribution < 1.29 is 19.2 Å². The second kappa shape index (κ2) is 11.4. The Morgan fingerprint density at radius 2 is 1.52 bits per heavy atom. The number of rotatable bonds is 10. The zero-order valence-corrected chi connectivity index (χ0v) is 18.7. The first kappa shape index (κ1) is 25.0. The summed E-state index contributed by atoms with van der Waals surface area (Å²) in [5.41, 5.74) is 8.63. The summed E-state index contributed by atoms with van der Waals surface area (Å²) in [6.07, 6.45) is 2.12. The number of nitrogens with one attached hydrogen (secondary N) is 2. The third kappa shape index (κ3) is 7.43. The molecule has 0 aliphatic carbocycles. The number of allylic oxidation sites excluding steroid dienone is 2. The molecule has 3 amide bonds. The first-order chi connectivity index (χ1) is 15.6. The number of hydrogen-bond acceptors (Lipinski definition) is 4. The van der Waals surface area contributed by atoms with E-state index in [2.05, 4.69) is 23.8 Å². The van der Waals surface area contributed by atoms with Gasteiger partial charge in [0.05, 0.1) is 5.92 Å². The summed E-state index contributed by atoms with van der Waals surface area (Å²) in [5, 5.41) is 5.53. The van der Waals surface area contributed by atoms with Gasteiger partial charge in [-0.05, 0) is 50.2 Å². The van der Waals surface area contributed by atoms with Crippen LogP contribution < -0.4 is 16.4 Å². The van der Waals surface area contributed by atoms with Crippen molar-refractivity contribution in [1.29, 1.82) is 0 Å². The molecular formula is C26H27N3O4. The summed E-state index contributed by atoms with van der Waals surface area (Å²) in [6, 6.07) is 13.8. The molecule has 4 N–H and O–H groups in total. The third-order valence-corrected chi connectivity index (χ3v) is 4.91. The lowest BCUT2D eigenvalue weighted by Gasteiger charge is -2.13. The Morgan fingerprint density at radius 3 is 2.06 bits per heavy atom. The fourth-order valence-corrected chi connectivity index (χ4v) is 2.86. The Kier molecular flexibility index (Phi) is 8.63. The third-order valence-electron chi connectivity index (χ3n) is 4.91. The van der Waals surface area contributed by atoms with Crippen molar-refractivity contribution in [3.63, 3.8) is 0 Å². The summed E-state index contributed by atoms with van der Waals surface area (Å²) >= 11 is 0. The number of nitrogens with two attached hydrogens (primary N) is 1. The van der Waals surface area contributed by atoms with Crippen LogP contribution in [-0.4, -0.2) is 24.0 Å². The molecule has 0 aromatic heterocycles. The van der Waals surface area contributed by atoms with E-state index in [1.54, 1.807) is 31.2 Å². The Morgan fingerprint density at radius 1 is 0.970 bits per heavy atom. The van der Waals surface area contributed by atoms with E-state index >= 15 is 0 Å². The van der Waals surface area contributed by atoms with Gasteiger partial charge in [-0.25, -0.2) is 0 Å². The van der Waals surface area contributed by atoms with Crippen LogP contribution in [0.3, 0.4) is 0 Å². The smallest absolute Gasteiger partial charge is 0.255 e. The molecule has 170 valence electrons. The fraction of sp³-hybridized carbons (Fsp3) is 0.154. The van der Waals surface area contributed by atoms with Crippen LogP contribution >= 0.6 is 0 Å². The minimum Gasteiger partial charge on any atom is -0.366 e. The van der Waals surface area contributed by atoms with Crippen LogP contribution in [0.15, 0.2) is 84.5 Å². The molecule has 0 radical (unpaired) electrons. The van der Waals surface area contributed by atoms with Gasteiger partial charge in [-0.2, -0.15) is 0 Å². The molecule has 0 fully saturated rings. The van der Waals surface area contributed by atoms with Gasteiger partial charge >= 0.3 is 0 Å². The summed E-state index contributed by atoms with van der Waals surface area (Å²) < 4.78 is 0. The van der Waals surface area contributed by atoms with Crippen LogP contribution in [0.5, 0.6) is 0 Å². The first-order valence-corrected chi connectivity index (χ1v) is 10.2. The van der Waals surface area contributed by atoms with Gasteiger partial charge in [0, 0.05) is 34.5 Å². The van der Waals surface area contributed by atoms with Gasteiger partial charge in [0.25, 0.3) is 5.91 Å². The SMILES string of the molecule is C=C(C=C(C=O)C(C)C(=O)Nc1ccc(C(=O)Nc2ccc(C)cc2)cc1)CC(=C)C(N)=O. The van der Waals surface area contributed by atoms with Gasteiger partial charge in [0.1, 0.15) is 6.29 Å². The molecule has 2 aromatic carbocycles. The predicted octanol–water partition coefficient (Wildman–Crippen LogP) is 3.94. The number of benzene rings is 2. The molecule has 1 atom stereocenters. The van der Waals surface area contributed by atoms with Gasteiger partial charge in [-0.3, -0.25) is 19.2 Å². The van der Waals surface area contributed by atoms with Gasteiger partial charge in [-0.1, -0.05) is 42.5 Å². The van der Waals surface area contributed by atoms with Gasteiger partial charge in [0.15, 0.2) is 0 Å². The van der Waals surface area contributed by atoms with E-state index in [1.807, 2.05) is 31.2 Å². The molecule has 2 rings (SSSR count). The van der Waals surface area contributed by atoms with Crippen LogP contribution in [0, 0.1) is 12.8 Å². The number of aldehydes is 1. The molecule has 33 heavy (non-hydrogen) atoms. The Labute approximate surface area is 193 Å². The zero-order valence-electron chi connectivity index (χ0n) is 18.7. The lowest BCUT2D eigenvalue weighted by Crippen LogP contribution is -2.23. The van der Waals surface area contributed by atoms with Crippen molar-refractivity contribution >= 4 is 35.4 Å². The molecule has 0 saturated heterocycles. The highest BCUT2D eigenvalue weighted by atomic mass is 16.2. The molecule has 0 heterocycles. The summed E-state index contributed by atoms with van der Waals surface area (Å²) in [5.74, 6) is -2.11. The fourth-order valence-electron chi connectivity index (χ4n) is 2.86. The van der Waals surface area contributed by atoms with Crippen LogP contribution in [0.2, 0.25) is 0 Å². The molecular weight excluding hydrogens is 418 g/mol. The van der Waals surface area contributed by atoms with E-state index < -0.39 is 17.7 Å². The van der Waals surface area contributed by atoms with Crippen LogP contribution in [0.25, 0.3) is 0 Å². The van der Waals surface area contributed by atoms with E-state index in [0.29, 0.717) is 28.8 Å². The van der Waals surface area contributed by atoms with Gasteiger partial charge < -0.3 is 16.4 Å². The van der Waals surface area contributed by atoms with Crippen molar-refractivity contribution in [3.05, 3.63) is 95.6 Å². The zero-order chi connectivity index (χ0) is 24.5. The Balaban J connectivity index is 2.01. The lowest BCUT2D eigenvalue weighted by molar-refractivity contribution is -0.119. The first-order valence-electron chi connectivity index (χ1n) is 10.2. The maximum Gasteiger partial charge on any atom is 0.255 e. The molecule has 7 nitrogen and oxygen atoms in total. The van der Waals surface area contributed by atoms with Crippen LogP contribution in [0.4, 0.5) is 11.4 Å². The quantitative estimate of drug-likeness (QED) is 0.292. The Hall–Kier alpha value is -4.26. The van der Waals surface area contributed by atoms with E-state index in [-0.39, 0.29) is 23.5 Å². The topological polar surface area (TPSA) is 118 Å². The van der Waals surface area contributed by atoms with Crippen LogP contribution in [-0.2, 0) is 14.4 Å². The standard InChI is InChI=1S/C26H27N3O4/c1-16-5-9-22(10-6-16)29-26(33)20-7-11-23(12-8-20)28-25(32)19(4)21(15-30)14-17(2)13-18(3)24(27)31/h5-12,14-15,19H,2-3,13H2,1,4H3,(H2,27,31)(H,28,32)(H,29,33). The Bertz CT molecular complexity index is 1110. The van der Waals surface area contributed by atoms with Crippen molar-refractivity contribution in [1.82, 2.24) is 0 Å². The normalized spacial score (nSPS) is 11.8. The van der Waals surface area contributed by atoms with Crippen molar-refractivity contribution in [3.8, 4) is 0 Å². The second-order valence-corrected chi connectivity index (χ2v) is 7.67. The highest BCUT2D eigenvalue weighted by Gasteiger charge is 2.18. The molecule has 0 saturated carbocycles. The average molecular weight is 446 g/mol. The highest BCUT2D eigenvalue weighted by molar-refractivity contribution is 6.05. The van der Waals surface area contributed by atoms with Crippen molar-refractivity contribution in [2.24, 2.45) is 11.7 Å². The number of amides is 3. The van der Waals surface area contributed by atoms with E-state index in [1.165, 1.54) is 6.08 Å². The number of carbonyl (C=O) groups excluding carboxylic acids is 4. The van der Waals surface area contributed by atoms with Gasteiger partial charge in [0.2, 0.25) is 11.8 Å². The molecule has 0 spiro atoms. The second-order valence-electron chi connectivity index (χ2n) is 7.67. The maximum absolute atomic E-state index is 12.6. The summed E-state index contributed by atoms with van der Waals surface area (Å²) in [6.45, 7) is 10.9. The molecule has 2 aromatic rings. The van der Waals surface area contributed by atoms with E-state index in [9.17, 15) is 19.2 Å². The lowest BCUT2D eigenvalue weighted by atomic mass is 9.97. The highest BCUT2D eigenvalue weighted by Crippen LogP contribution is 2.18. The average Bonchev–Trinajstić information content (AvgIpc) is 2.78. The predicted molar refractivity (Wildman–Crippen MR) is 130 cm³/mol. The number of carbonyl (C=O) groups is 4. The summed E-state index contributed by atoms with van der Waals surface area (Å²) in [4.78, 5) is 47.6. The van der Waals surface area contributed by atoms with E-state index in [0.717, 1.165) is 5.56 Å². The molecule has 0 bridgehead atoms.